The van der Waals surface area contributed by atoms with Gasteiger partial charge in [0.05, 0.1) is 30.4 Å². The molecular formula is C27H36F3N3O4. The fraction of sp³-hybridized carbons (Fsp3) is 0.630. The number of hydrogen-bond acceptors (Lipinski definition) is 4. The Balaban J connectivity index is 1.72. The van der Waals surface area contributed by atoms with Crippen LogP contribution in [0.5, 0.6) is 5.75 Å². The van der Waals surface area contributed by atoms with Crippen molar-refractivity contribution in [3.05, 3.63) is 46.6 Å². The average Bonchev–Trinajstić information content (AvgIpc) is 3.46. The molecular weight excluding hydrogens is 487 g/mol. The highest BCUT2D eigenvalue weighted by Gasteiger charge is 2.32. The predicted octanol–water partition coefficient (Wildman–Crippen LogP) is 4.87. The molecule has 2 aliphatic heterocycles. The van der Waals surface area contributed by atoms with Crippen molar-refractivity contribution in [2.24, 2.45) is 18.0 Å². The van der Waals surface area contributed by atoms with Crippen molar-refractivity contribution in [3.63, 3.8) is 0 Å². The molecule has 0 N–H and O–H groups in total. The van der Waals surface area contributed by atoms with Crippen LogP contribution in [-0.2, 0) is 34.7 Å². The Labute approximate surface area is 215 Å². The van der Waals surface area contributed by atoms with Gasteiger partial charge in [-0.05, 0) is 49.8 Å². The lowest BCUT2D eigenvalue weighted by Crippen LogP contribution is -2.30. The van der Waals surface area contributed by atoms with E-state index >= 15 is 0 Å². The third-order valence-corrected chi connectivity index (χ3v) is 6.98. The van der Waals surface area contributed by atoms with Crippen LogP contribution in [0.15, 0.2) is 29.3 Å². The van der Waals surface area contributed by atoms with Crippen LogP contribution in [0.1, 0.15) is 68.1 Å². The first-order chi connectivity index (χ1) is 17.4. The monoisotopic (exact) mass is 523 g/mol. The second-order valence-electron chi connectivity index (χ2n) is 10.9. The molecule has 4 rings (SSSR count). The van der Waals surface area contributed by atoms with Crippen molar-refractivity contribution in [3.8, 4) is 5.75 Å². The molecule has 7 nitrogen and oxygen atoms in total. The van der Waals surface area contributed by atoms with E-state index < -0.39 is 17.6 Å². The lowest BCUT2D eigenvalue weighted by molar-refractivity contribution is -0.137. The fourth-order valence-corrected chi connectivity index (χ4v) is 4.85. The molecule has 0 spiro atoms. The standard InChI is InChI=1S/C27H36F3N3O4/c1-26(2,3)23-15-24(33(32(23)4)16-20-6-5-11-36-20)31-25(34)21-14-19(27(28,29)30)7-8-22(21)37-17-18-9-12-35-13-10-18/h7-8,14-15,18,20H,5-6,9-13,16-17H2,1-4H3/b31-24+/t20-/m1/s1. The zero-order valence-electron chi connectivity index (χ0n) is 21.9. The first kappa shape index (κ1) is 27.4. The van der Waals surface area contributed by atoms with Crippen molar-refractivity contribution >= 4 is 5.91 Å². The van der Waals surface area contributed by atoms with Crippen molar-refractivity contribution in [2.75, 3.05) is 26.4 Å². The Hall–Kier alpha value is -2.59. The van der Waals surface area contributed by atoms with E-state index in [1.54, 1.807) is 0 Å². The third-order valence-electron chi connectivity index (χ3n) is 6.98. The summed E-state index contributed by atoms with van der Waals surface area (Å²) in [5.74, 6) is -0.459. The Kier molecular flexibility index (Phi) is 8.18. The van der Waals surface area contributed by atoms with Gasteiger partial charge in [-0.25, -0.2) is 0 Å². The van der Waals surface area contributed by atoms with E-state index in [0.717, 1.165) is 43.5 Å². The van der Waals surface area contributed by atoms with E-state index in [-0.39, 0.29) is 28.7 Å². The highest BCUT2D eigenvalue weighted by Crippen LogP contribution is 2.33. The molecule has 1 amide bonds. The minimum absolute atomic E-state index is 0.0117. The fourth-order valence-electron chi connectivity index (χ4n) is 4.85. The summed E-state index contributed by atoms with van der Waals surface area (Å²) in [6, 6.07) is 4.82. The quantitative estimate of drug-likeness (QED) is 0.542. The van der Waals surface area contributed by atoms with Crippen LogP contribution in [-0.4, -0.2) is 47.8 Å². The molecule has 1 aromatic carbocycles. The van der Waals surface area contributed by atoms with E-state index in [9.17, 15) is 18.0 Å². The Morgan fingerprint density at radius 2 is 1.84 bits per heavy atom. The number of alkyl halides is 3. The van der Waals surface area contributed by atoms with Crippen molar-refractivity contribution in [2.45, 2.75) is 70.7 Å². The summed E-state index contributed by atoms with van der Waals surface area (Å²) in [5.41, 5.74) is -0.0393. The highest BCUT2D eigenvalue weighted by atomic mass is 19.4. The molecule has 0 aliphatic carbocycles. The van der Waals surface area contributed by atoms with Gasteiger partial charge in [-0.3, -0.25) is 14.2 Å². The summed E-state index contributed by atoms with van der Waals surface area (Å²) in [4.78, 5) is 17.8. The predicted molar refractivity (Wildman–Crippen MR) is 131 cm³/mol. The molecule has 10 heteroatoms. The molecule has 0 radical (unpaired) electrons. The summed E-state index contributed by atoms with van der Waals surface area (Å²) in [6.45, 7) is 8.89. The average molecular weight is 524 g/mol. The molecule has 37 heavy (non-hydrogen) atoms. The van der Waals surface area contributed by atoms with Gasteiger partial charge in [0.15, 0.2) is 5.49 Å². The Morgan fingerprint density at radius 1 is 1.11 bits per heavy atom. The molecule has 204 valence electrons. The van der Waals surface area contributed by atoms with Crippen LogP contribution >= 0.6 is 0 Å². The van der Waals surface area contributed by atoms with Gasteiger partial charge < -0.3 is 14.2 Å². The molecule has 2 aliphatic rings. The van der Waals surface area contributed by atoms with Crippen LogP contribution in [0.25, 0.3) is 0 Å². The van der Waals surface area contributed by atoms with Gasteiger partial charge in [0.25, 0.3) is 5.91 Å². The van der Waals surface area contributed by atoms with Gasteiger partial charge in [-0.1, -0.05) is 20.8 Å². The number of halogens is 3. The van der Waals surface area contributed by atoms with E-state index in [2.05, 4.69) is 25.8 Å². The van der Waals surface area contributed by atoms with Crippen molar-refractivity contribution in [1.29, 1.82) is 0 Å². The molecule has 3 heterocycles. The van der Waals surface area contributed by atoms with Crippen LogP contribution in [0.3, 0.4) is 0 Å². The zero-order chi connectivity index (χ0) is 26.8. The van der Waals surface area contributed by atoms with Gasteiger partial charge in [-0.2, -0.15) is 18.2 Å². The summed E-state index contributed by atoms with van der Waals surface area (Å²) in [6.07, 6.45) is -1.14. The summed E-state index contributed by atoms with van der Waals surface area (Å²) in [7, 11) is 1.89. The SMILES string of the molecule is Cn1c(C(C)(C)C)c/c(=N\C(=O)c2cc(C(F)(F)F)ccc2OCC2CCOCC2)n1C[C@H]1CCCO1. The number of benzene rings is 1. The number of hydrogen-bond donors (Lipinski definition) is 0. The number of nitrogens with zero attached hydrogens (tertiary/aromatic N) is 3. The second-order valence-corrected chi connectivity index (χ2v) is 10.9. The van der Waals surface area contributed by atoms with Gasteiger partial charge in [0, 0.05) is 44.0 Å². The number of rotatable bonds is 6. The van der Waals surface area contributed by atoms with Crippen LogP contribution in [0, 0.1) is 5.92 Å². The van der Waals surface area contributed by atoms with Crippen molar-refractivity contribution in [1.82, 2.24) is 9.36 Å². The second kappa shape index (κ2) is 11.0. The molecule has 0 saturated carbocycles. The van der Waals surface area contributed by atoms with E-state index in [1.807, 2.05) is 22.5 Å². The third kappa shape index (κ3) is 6.65. The first-order valence-electron chi connectivity index (χ1n) is 12.8. The van der Waals surface area contributed by atoms with Crippen LogP contribution < -0.4 is 10.2 Å². The Bertz CT molecular complexity index is 1170. The summed E-state index contributed by atoms with van der Waals surface area (Å²) in [5, 5.41) is 0. The van der Waals surface area contributed by atoms with Gasteiger partial charge >= 0.3 is 6.18 Å². The Morgan fingerprint density at radius 3 is 2.46 bits per heavy atom. The number of aromatic nitrogens is 2. The molecule has 2 saturated heterocycles. The molecule has 0 unspecified atom stereocenters. The maximum Gasteiger partial charge on any atom is 0.416 e. The molecule has 1 atom stereocenters. The molecule has 0 bridgehead atoms. The molecule has 1 aromatic heterocycles. The van der Waals surface area contributed by atoms with E-state index in [0.29, 0.717) is 38.5 Å². The van der Waals surface area contributed by atoms with Crippen molar-refractivity contribution < 1.29 is 32.2 Å². The molecule has 2 aromatic rings. The van der Waals surface area contributed by atoms with Crippen LogP contribution in [0.4, 0.5) is 13.2 Å². The lowest BCUT2D eigenvalue weighted by atomic mass is 9.92. The van der Waals surface area contributed by atoms with Crippen LogP contribution in [0.2, 0.25) is 0 Å². The lowest BCUT2D eigenvalue weighted by Gasteiger charge is -2.22. The van der Waals surface area contributed by atoms with Gasteiger partial charge in [0.2, 0.25) is 0 Å². The van der Waals surface area contributed by atoms with Gasteiger partial charge in [0.1, 0.15) is 5.75 Å². The smallest absolute Gasteiger partial charge is 0.416 e. The minimum atomic E-state index is -4.60. The maximum atomic E-state index is 13.5. The zero-order valence-corrected chi connectivity index (χ0v) is 21.9. The minimum Gasteiger partial charge on any atom is -0.492 e. The molecule has 2 fully saturated rings. The van der Waals surface area contributed by atoms with E-state index in [1.165, 1.54) is 6.07 Å². The topological polar surface area (TPSA) is 67.0 Å². The maximum absolute atomic E-state index is 13.5. The van der Waals surface area contributed by atoms with E-state index in [4.69, 9.17) is 14.2 Å². The first-order valence-corrected chi connectivity index (χ1v) is 12.8. The normalized spacial score (nSPS) is 20.0. The highest BCUT2D eigenvalue weighted by molar-refractivity contribution is 5.97. The summed E-state index contributed by atoms with van der Waals surface area (Å²) >= 11 is 0. The number of carbonyl (C=O) groups excluding carboxylic acids is 1. The summed E-state index contributed by atoms with van der Waals surface area (Å²) < 4.78 is 61.4. The number of carbonyl (C=O) groups is 1. The number of amides is 1. The van der Waals surface area contributed by atoms with Gasteiger partial charge in [-0.15, -0.1) is 0 Å². The number of ether oxygens (including phenoxy) is 3. The largest absolute Gasteiger partial charge is 0.492 e.